The Bertz CT molecular complexity index is 403. The summed E-state index contributed by atoms with van der Waals surface area (Å²) >= 11 is 0. The zero-order valence-corrected chi connectivity index (χ0v) is 13.7. The van der Waals surface area contributed by atoms with Gasteiger partial charge in [0.2, 0.25) is 0 Å². The summed E-state index contributed by atoms with van der Waals surface area (Å²) in [7, 11) is 0. The van der Waals surface area contributed by atoms with Crippen molar-refractivity contribution in [2.24, 2.45) is 0 Å². The van der Waals surface area contributed by atoms with Gasteiger partial charge in [-0.15, -0.1) is 0 Å². The van der Waals surface area contributed by atoms with Gasteiger partial charge in [-0.2, -0.15) is 0 Å². The third-order valence-electron chi connectivity index (χ3n) is 3.48. The molecule has 1 rings (SSSR count). The van der Waals surface area contributed by atoms with Gasteiger partial charge < -0.3 is 15.2 Å². The summed E-state index contributed by atoms with van der Waals surface area (Å²) in [5.74, 6) is 0.604. The van der Waals surface area contributed by atoms with Crippen molar-refractivity contribution >= 4 is 11.7 Å². The maximum absolute atomic E-state index is 11.5. The molecule has 0 heterocycles. The predicted molar refractivity (Wildman–Crippen MR) is 89.9 cm³/mol. The smallest absolute Gasteiger partial charge is 0.305 e. The van der Waals surface area contributed by atoms with E-state index in [-0.39, 0.29) is 5.97 Å². The standard InChI is InChI=1S/C18H29NO3/c1-2-3-4-5-6-7-8-9-18(20)22-15-14-21-17-12-10-16(19)11-13-17/h10-13H,2-9,14-15,19H2,1H3. The Morgan fingerprint density at radius 1 is 0.955 bits per heavy atom. The van der Waals surface area contributed by atoms with Crippen LogP contribution >= 0.6 is 0 Å². The first-order chi connectivity index (χ1) is 10.7. The van der Waals surface area contributed by atoms with Gasteiger partial charge in [-0.25, -0.2) is 0 Å². The third kappa shape index (κ3) is 9.27. The van der Waals surface area contributed by atoms with Crippen LogP contribution in [0, 0.1) is 0 Å². The zero-order chi connectivity index (χ0) is 16.0. The van der Waals surface area contributed by atoms with Gasteiger partial charge in [0, 0.05) is 12.1 Å². The van der Waals surface area contributed by atoms with E-state index in [1.807, 2.05) is 0 Å². The Morgan fingerprint density at radius 3 is 2.27 bits per heavy atom. The molecule has 0 aromatic heterocycles. The number of nitrogens with two attached hydrogens (primary N) is 1. The summed E-state index contributed by atoms with van der Waals surface area (Å²) in [6.45, 7) is 2.87. The number of benzene rings is 1. The lowest BCUT2D eigenvalue weighted by Gasteiger charge is -2.07. The second-order valence-electron chi connectivity index (χ2n) is 5.51. The minimum Gasteiger partial charge on any atom is -0.490 e. The van der Waals surface area contributed by atoms with E-state index in [0.717, 1.165) is 18.6 Å². The van der Waals surface area contributed by atoms with Crippen molar-refractivity contribution in [2.45, 2.75) is 58.3 Å². The average molecular weight is 307 g/mol. The second-order valence-corrected chi connectivity index (χ2v) is 5.51. The monoisotopic (exact) mass is 307 g/mol. The van der Waals surface area contributed by atoms with Crippen LogP contribution in [-0.2, 0) is 9.53 Å². The van der Waals surface area contributed by atoms with E-state index in [4.69, 9.17) is 15.2 Å². The number of unbranched alkanes of at least 4 members (excludes halogenated alkanes) is 6. The summed E-state index contributed by atoms with van der Waals surface area (Å²) in [5.41, 5.74) is 6.29. The van der Waals surface area contributed by atoms with E-state index < -0.39 is 0 Å². The Morgan fingerprint density at radius 2 is 1.59 bits per heavy atom. The number of anilines is 1. The van der Waals surface area contributed by atoms with Crippen molar-refractivity contribution in [1.29, 1.82) is 0 Å². The predicted octanol–water partition coefficient (Wildman–Crippen LogP) is 4.33. The highest BCUT2D eigenvalue weighted by atomic mass is 16.6. The molecule has 0 saturated carbocycles. The molecule has 0 bridgehead atoms. The van der Waals surface area contributed by atoms with Crippen LogP contribution in [0.4, 0.5) is 5.69 Å². The Labute approximate surface area is 134 Å². The molecule has 1 aromatic rings. The lowest BCUT2D eigenvalue weighted by Crippen LogP contribution is -2.12. The van der Waals surface area contributed by atoms with Crippen molar-refractivity contribution in [3.63, 3.8) is 0 Å². The largest absolute Gasteiger partial charge is 0.490 e. The van der Waals surface area contributed by atoms with Crippen LogP contribution in [0.1, 0.15) is 58.3 Å². The normalized spacial score (nSPS) is 10.4. The number of carbonyl (C=O) groups excluding carboxylic acids is 1. The lowest BCUT2D eigenvalue weighted by molar-refractivity contribution is -0.144. The molecule has 0 atom stereocenters. The van der Waals surface area contributed by atoms with E-state index in [0.29, 0.717) is 25.3 Å². The third-order valence-corrected chi connectivity index (χ3v) is 3.48. The maximum atomic E-state index is 11.5. The van der Waals surface area contributed by atoms with Crippen LogP contribution in [0.2, 0.25) is 0 Å². The van der Waals surface area contributed by atoms with Crippen molar-refractivity contribution in [3.8, 4) is 5.75 Å². The van der Waals surface area contributed by atoms with Crippen LogP contribution in [0.3, 0.4) is 0 Å². The summed E-state index contributed by atoms with van der Waals surface area (Å²) in [6, 6.07) is 7.16. The molecule has 0 unspecified atom stereocenters. The molecular weight excluding hydrogens is 278 g/mol. The molecule has 0 spiro atoms. The lowest BCUT2D eigenvalue weighted by atomic mass is 10.1. The van der Waals surface area contributed by atoms with Crippen LogP contribution < -0.4 is 10.5 Å². The molecule has 0 saturated heterocycles. The molecule has 4 heteroatoms. The van der Waals surface area contributed by atoms with Crippen LogP contribution in [-0.4, -0.2) is 19.2 Å². The van der Waals surface area contributed by atoms with Gasteiger partial charge >= 0.3 is 5.97 Å². The Hall–Kier alpha value is -1.71. The van der Waals surface area contributed by atoms with Gasteiger partial charge in [0.15, 0.2) is 0 Å². The minimum absolute atomic E-state index is 0.130. The Kier molecular flexibility index (Phi) is 9.92. The molecule has 0 radical (unpaired) electrons. The van der Waals surface area contributed by atoms with Gasteiger partial charge in [0.25, 0.3) is 0 Å². The van der Waals surface area contributed by atoms with Crippen LogP contribution in [0.15, 0.2) is 24.3 Å². The highest BCUT2D eigenvalue weighted by Gasteiger charge is 2.02. The molecule has 0 aliphatic carbocycles. The van der Waals surface area contributed by atoms with Crippen LogP contribution in [0.5, 0.6) is 5.75 Å². The second kappa shape index (κ2) is 11.9. The quantitative estimate of drug-likeness (QED) is 0.354. The molecule has 0 fully saturated rings. The Balaban J connectivity index is 1.94. The van der Waals surface area contributed by atoms with E-state index in [2.05, 4.69) is 6.92 Å². The SMILES string of the molecule is CCCCCCCCCC(=O)OCCOc1ccc(N)cc1. The number of nitrogen functional groups attached to an aromatic ring is 1. The molecule has 4 nitrogen and oxygen atoms in total. The van der Waals surface area contributed by atoms with Crippen molar-refractivity contribution in [1.82, 2.24) is 0 Å². The molecule has 22 heavy (non-hydrogen) atoms. The average Bonchev–Trinajstić information content (AvgIpc) is 2.52. The van der Waals surface area contributed by atoms with E-state index in [9.17, 15) is 4.79 Å². The number of rotatable bonds is 12. The van der Waals surface area contributed by atoms with Crippen LogP contribution in [0.25, 0.3) is 0 Å². The minimum atomic E-state index is -0.130. The number of hydrogen-bond acceptors (Lipinski definition) is 4. The topological polar surface area (TPSA) is 61.5 Å². The first-order valence-corrected chi connectivity index (χ1v) is 8.36. The fraction of sp³-hybridized carbons (Fsp3) is 0.611. The molecule has 0 aliphatic rings. The van der Waals surface area contributed by atoms with E-state index in [1.165, 1.54) is 32.1 Å². The molecule has 1 aromatic carbocycles. The van der Waals surface area contributed by atoms with E-state index in [1.54, 1.807) is 24.3 Å². The number of esters is 1. The first kappa shape index (κ1) is 18.3. The van der Waals surface area contributed by atoms with Gasteiger partial charge in [0.05, 0.1) is 0 Å². The molecule has 0 aliphatic heterocycles. The van der Waals surface area contributed by atoms with Gasteiger partial charge in [-0.05, 0) is 30.7 Å². The first-order valence-electron chi connectivity index (χ1n) is 8.36. The van der Waals surface area contributed by atoms with Gasteiger partial charge in [-0.1, -0.05) is 45.4 Å². The summed E-state index contributed by atoms with van der Waals surface area (Å²) in [4.78, 5) is 11.5. The molecular formula is C18H29NO3. The zero-order valence-electron chi connectivity index (χ0n) is 13.7. The summed E-state index contributed by atoms with van der Waals surface area (Å²) < 4.78 is 10.6. The van der Waals surface area contributed by atoms with Crippen molar-refractivity contribution in [3.05, 3.63) is 24.3 Å². The number of carbonyl (C=O) groups is 1. The fourth-order valence-corrected chi connectivity index (χ4v) is 2.18. The number of ether oxygens (including phenoxy) is 2. The highest BCUT2D eigenvalue weighted by Crippen LogP contribution is 2.13. The number of hydrogen-bond donors (Lipinski definition) is 1. The van der Waals surface area contributed by atoms with Crippen molar-refractivity contribution in [2.75, 3.05) is 18.9 Å². The molecule has 2 N–H and O–H groups in total. The highest BCUT2D eigenvalue weighted by molar-refractivity contribution is 5.69. The van der Waals surface area contributed by atoms with Crippen molar-refractivity contribution < 1.29 is 14.3 Å². The van der Waals surface area contributed by atoms with Gasteiger partial charge in [-0.3, -0.25) is 4.79 Å². The summed E-state index contributed by atoms with van der Waals surface area (Å²) in [5, 5.41) is 0. The maximum Gasteiger partial charge on any atom is 0.305 e. The fourth-order valence-electron chi connectivity index (χ4n) is 2.18. The summed E-state index contributed by atoms with van der Waals surface area (Å²) in [6.07, 6.45) is 8.93. The molecule has 124 valence electrons. The molecule has 0 amide bonds. The van der Waals surface area contributed by atoms with Gasteiger partial charge in [0.1, 0.15) is 19.0 Å². The van der Waals surface area contributed by atoms with E-state index >= 15 is 0 Å².